The van der Waals surface area contributed by atoms with E-state index < -0.39 is 0 Å². The first-order valence-electron chi connectivity index (χ1n) is 7.34. The zero-order valence-electron chi connectivity index (χ0n) is 11.8. The summed E-state index contributed by atoms with van der Waals surface area (Å²) in [6, 6.07) is 4.13. The van der Waals surface area contributed by atoms with Crippen molar-refractivity contribution in [3.8, 4) is 5.82 Å². The maximum atomic E-state index is 5.82. The minimum atomic E-state index is 0.260. The van der Waals surface area contributed by atoms with Gasteiger partial charge in [0.1, 0.15) is 5.82 Å². The fraction of sp³-hybridized carbons (Fsp3) is 0.500. The SMILES string of the molecule is Nc1nc(NC2CNCC3(CC3)C2)cc(-n2cccn2)n1. The summed E-state index contributed by atoms with van der Waals surface area (Å²) in [4.78, 5) is 8.51. The van der Waals surface area contributed by atoms with Crippen molar-refractivity contribution in [3.63, 3.8) is 0 Å². The van der Waals surface area contributed by atoms with Crippen LogP contribution in [0.25, 0.3) is 5.82 Å². The van der Waals surface area contributed by atoms with Crippen molar-refractivity contribution in [1.82, 2.24) is 25.1 Å². The summed E-state index contributed by atoms with van der Waals surface area (Å²) >= 11 is 0. The van der Waals surface area contributed by atoms with Gasteiger partial charge in [-0.3, -0.25) is 0 Å². The van der Waals surface area contributed by atoms with Gasteiger partial charge in [0, 0.05) is 37.6 Å². The standard InChI is InChI=1S/C14H19N7/c15-13-19-11(6-12(20-13)21-5-1-4-17-21)18-10-7-14(2-3-14)9-16-8-10/h1,4-6,10,16H,2-3,7-9H2,(H3,15,18,19,20). The maximum Gasteiger partial charge on any atom is 0.224 e. The molecule has 0 bridgehead atoms. The Hall–Kier alpha value is -2.15. The van der Waals surface area contributed by atoms with E-state index in [1.807, 2.05) is 18.3 Å². The van der Waals surface area contributed by atoms with Crippen molar-refractivity contribution in [2.75, 3.05) is 24.1 Å². The van der Waals surface area contributed by atoms with E-state index in [1.165, 1.54) is 19.3 Å². The molecule has 1 atom stereocenters. The molecule has 2 aromatic heterocycles. The van der Waals surface area contributed by atoms with Crippen LogP contribution >= 0.6 is 0 Å². The van der Waals surface area contributed by atoms with Crippen LogP contribution in [0.5, 0.6) is 0 Å². The second-order valence-corrected chi connectivity index (χ2v) is 6.10. The number of rotatable bonds is 3. The molecule has 1 unspecified atom stereocenters. The van der Waals surface area contributed by atoms with Crippen molar-refractivity contribution < 1.29 is 0 Å². The Balaban J connectivity index is 1.54. The molecule has 7 nitrogen and oxygen atoms in total. The Kier molecular flexibility index (Phi) is 2.81. The van der Waals surface area contributed by atoms with Gasteiger partial charge in [0.2, 0.25) is 5.95 Å². The first-order chi connectivity index (χ1) is 10.2. The molecule has 1 saturated heterocycles. The van der Waals surface area contributed by atoms with E-state index in [0.29, 0.717) is 17.3 Å². The monoisotopic (exact) mass is 285 g/mol. The van der Waals surface area contributed by atoms with E-state index in [2.05, 4.69) is 25.7 Å². The lowest BCUT2D eigenvalue weighted by molar-refractivity contribution is 0.334. The largest absolute Gasteiger partial charge is 0.368 e. The lowest BCUT2D eigenvalue weighted by Gasteiger charge is -2.31. The second-order valence-electron chi connectivity index (χ2n) is 6.10. The first-order valence-corrected chi connectivity index (χ1v) is 7.34. The predicted molar refractivity (Wildman–Crippen MR) is 80.1 cm³/mol. The highest BCUT2D eigenvalue weighted by Gasteiger charge is 2.45. The van der Waals surface area contributed by atoms with E-state index >= 15 is 0 Å². The first kappa shape index (κ1) is 12.6. The lowest BCUT2D eigenvalue weighted by Crippen LogP contribution is -2.44. The zero-order chi connectivity index (χ0) is 14.3. The van der Waals surface area contributed by atoms with E-state index in [4.69, 9.17) is 5.73 Å². The summed E-state index contributed by atoms with van der Waals surface area (Å²) in [7, 11) is 0. The highest BCUT2D eigenvalue weighted by Crippen LogP contribution is 2.50. The molecule has 0 radical (unpaired) electrons. The number of nitrogens with one attached hydrogen (secondary N) is 2. The van der Waals surface area contributed by atoms with Crippen molar-refractivity contribution >= 4 is 11.8 Å². The Morgan fingerprint density at radius 1 is 1.38 bits per heavy atom. The van der Waals surface area contributed by atoms with Gasteiger partial charge in [-0.15, -0.1) is 0 Å². The van der Waals surface area contributed by atoms with Crippen LogP contribution in [0.1, 0.15) is 19.3 Å². The number of nitrogen functional groups attached to an aromatic ring is 1. The van der Waals surface area contributed by atoms with Gasteiger partial charge in [0.25, 0.3) is 0 Å². The molecule has 4 rings (SSSR count). The summed E-state index contributed by atoms with van der Waals surface area (Å²) < 4.78 is 1.69. The van der Waals surface area contributed by atoms with Crippen molar-refractivity contribution in [2.45, 2.75) is 25.3 Å². The molecule has 1 aliphatic heterocycles. The molecular weight excluding hydrogens is 266 g/mol. The van der Waals surface area contributed by atoms with Gasteiger partial charge in [-0.25, -0.2) is 4.68 Å². The number of piperidine rings is 1. The lowest BCUT2D eigenvalue weighted by atomic mass is 9.93. The van der Waals surface area contributed by atoms with Gasteiger partial charge in [-0.2, -0.15) is 15.1 Å². The molecular formula is C14H19N7. The molecule has 2 fully saturated rings. The highest BCUT2D eigenvalue weighted by atomic mass is 15.3. The molecule has 1 spiro atoms. The van der Waals surface area contributed by atoms with Crippen LogP contribution in [-0.2, 0) is 0 Å². The average molecular weight is 285 g/mol. The van der Waals surface area contributed by atoms with Crippen LogP contribution in [0.3, 0.4) is 0 Å². The normalized spacial score (nSPS) is 23.1. The molecule has 0 amide bonds. The van der Waals surface area contributed by atoms with E-state index in [0.717, 1.165) is 18.9 Å². The van der Waals surface area contributed by atoms with E-state index in [9.17, 15) is 0 Å². The number of nitrogens with zero attached hydrogens (tertiary/aromatic N) is 4. The number of hydrogen-bond acceptors (Lipinski definition) is 6. The quantitative estimate of drug-likeness (QED) is 0.772. The highest BCUT2D eigenvalue weighted by molar-refractivity contribution is 5.46. The van der Waals surface area contributed by atoms with Gasteiger partial charge >= 0.3 is 0 Å². The third-order valence-electron chi connectivity index (χ3n) is 4.35. The van der Waals surface area contributed by atoms with Gasteiger partial charge < -0.3 is 16.4 Å². The van der Waals surface area contributed by atoms with Crippen molar-refractivity contribution in [2.24, 2.45) is 5.41 Å². The number of anilines is 2. The Labute approximate surface area is 123 Å². The Morgan fingerprint density at radius 3 is 3.05 bits per heavy atom. The molecule has 1 saturated carbocycles. The minimum absolute atomic E-state index is 0.260. The maximum absolute atomic E-state index is 5.82. The third kappa shape index (κ3) is 2.56. The van der Waals surface area contributed by atoms with Crippen LogP contribution in [0.4, 0.5) is 11.8 Å². The van der Waals surface area contributed by atoms with E-state index in [1.54, 1.807) is 10.9 Å². The average Bonchev–Trinajstić information content (AvgIpc) is 3.01. The Morgan fingerprint density at radius 2 is 2.29 bits per heavy atom. The van der Waals surface area contributed by atoms with Crippen LogP contribution in [0.15, 0.2) is 24.5 Å². The van der Waals surface area contributed by atoms with Crippen molar-refractivity contribution in [1.29, 1.82) is 0 Å². The van der Waals surface area contributed by atoms with Crippen LogP contribution in [0.2, 0.25) is 0 Å². The summed E-state index contributed by atoms with van der Waals surface area (Å²) in [5.74, 6) is 1.70. The fourth-order valence-electron chi connectivity index (χ4n) is 3.10. The predicted octanol–water partition coefficient (Wildman–Crippen LogP) is 0.798. The Bertz CT molecular complexity index is 633. The van der Waals surface area contributed by atoms with Crippen LogP contribution < -0.4 is 16.4 Å². The van der Waals surface area contributed by atoms with Crippen LogP contribution in [-0.4, -0.2) is 38.9 Å². The third-order valence-corrected chi connectivity index (χ3v) is 4.35. The topological polar surface area (TPSA) is 93.7 Å². The molecule has 110 valence electrons. The summed E-state index contributed by atoms with van der Waals surface area (Å²) in [6.07, 6.45) is 7.42. The van der Waals surface area contributed by atoms with E-state index in [-0.39, 0.29) is 5.95 Å². The molecule has 21 heavy (non-hydrogen) atoms. The smallest absolute Gasteiger partial charge is 0.224 e. The molecule has 2 aromatic rings. The summed E-state index contributed by atoms with van der Waals surface area (Å²) in [6.45, 7) is 2.11. The minimum Gasteiger partial charge on any atom is -0.368 e. The van der Waals surface area contributed by atoms with Crippen molar-refractivity contribution in [3.05, 3.63) is 24.5 Å². The number of hydrogen-bond donors (Lipinski definition) is 3. The van der Waals surface area contributed by atoms with Gasteiger partial charge in [0.15, 0.2) is 5.82 Å². The molecule has 1 aliphatic carbocycles. The molecule has 3 heterocycles. The van der Waals surface area contributed by atoms with Gasteiger partial charge in [0.05, 0.1) is 0 Å². The number of nitrogens with two attached hydrogens (primary N) is 1. The fourth-order valence-corrected chi connectivity index (χ4v) is 3.10. The molecule has 2 aliphatic rings. The molecule has 7 heteroatoms. The summed E-state index contributed by atoms with van der Waals surface area (Å²) in [5.41, 5.74) is 6.34. The summed E-state index contributed by atoms with van der Waals surface area (Å²) in [5, 5.41) is 11.2. The zero-order valence-corrected chi connectivity index (χ0v) is 11.8. The number of aromatic nitrogens is 4. The second kappa shape index (κ2) is 4.70. The van der Waals surface area contributed by atoms with Gasteiger partial charge in [-0.1, -0.05) is 0 Å². The molecule has 0 aromatic carbocycles. The van der Waals surface area contributed by atoms with Gasteiger partial charge in [-0.05, 0) is 30.7 Å². The van der Waals surface area contributed by atoms with Crippen LogP contribution in [0, 0.1) is 5.41 Å². The molecule has 4 N–H and O–H groups in total.